The molecule has 0 heterocycles. The van der Waals surface area contributed by atoms with Gasteiger partial charge < -0.3 is 10.7 Å². The van der Waals surface area contributed by atoms with E-state index in [1.807, 2.05) is 0 Å². The van der Waals surface area contributed by atoms with Gasteiger partial charge in [-0.25, -0.2) is 8.42 Å². The fourth-order valence-corrected chi connectivity index (χ4v) is 0. The number of hydrogen-bond acceptors (Lipinski definition) is 3. The predicted molar refractivity (Wildman–Crippen MR) is 18.3 cm³/mol. The summed E-state index contributed by atoms with van der Waals surface area (Å²) in [7, 11) is -4.92. The third kappa shape index (κ3) is 1130. The van der Waals surface area contributed by atoms with Gasteiger partial charge in [0.2, 0.25) is 10.4 Å². The minimum absolute atomic E-state index is 0. The van der Waals surface area contributed by atoms with Crippen LogP contribution in [0.15, 0.2) is 0 Å². The Kier molecular flexibility index (Phi) is 10.0. The molecule has 0 bridgehead atoms. The van der Waals surface area contributed by atoms with Crippen LogP contribution in [0.3, 0.4) is 0 Å². The maximum Gasteiger partial charge on any atom is 0.215 e. The molecule has 0 aromatic heterocycles. The van der Waals surface area contributed by atoms with E-state index in [0.29, 0.717) is 0 Å². The van der Waals surface area contributed by atoms with Crippen molar-refractivity contribution in [2.45, 2.75) is 0 Å². The Morgan fingerprint density at radius 1 is 1.43 bits per heavy atom. The average molecular weight is 174 g/mol. The van der Waals surface area contributed by atoms with Crippen molar-refractivity contribution in [3.05, 3.63) is 0 Å². The Morgan fingerprint density at radius 2 is 1.43 bits per heavy atom. The monoisotopic (exact) mass is 173 g/mol. The van der Waals surface area contributed by atoms with Gasteiger partial charge in [0.15, 0.2) is 0 Å². The first-order valence-electron chi connectivity index (χ1n) is 0.683. The molecule has 50 valence electrons. The molecule has 7 heavy (non-hydrogen) atoms. The SMILES string of the molecule is O=S(=O)([O-])O.[NH4+].[Ni]. The van der Waals surface area contributed by atoms with Crippen LogP contribution in [0.2, 0.25) is 0 Å². The van der Waals surface area contributed by atoms with Crippen molar-refractivity contribution in [2.75, 3.05) is 0 Å². The fraction of sp³-hybridized carbons (Fsp3) is 0. The van der Waals surface area contributed by atoms with E-state index in [4.69, 9.17) is 17.5 Å². The Labute approximate surface area is 51.2 Å². The Balaban J connectivity index is -0.0000000800. The van der Waals surface area contributed by atoms with E-state index in [9.17, 15) is 0 Å². The zero-order valence-corrected chi connectivity index (χ0v) is 5.20. The first-order valence-corrected chi connectivity index (χ1v) is 2.05. The summed E-state index contributed by atoms with van der Waals surface area (Å²) in [5, 5.41) is 0. The van der Waals surface area contributed by atoms with E-state index in [1.165, 1.54) is 0 Å². The molecule has 0 aliphatic heterocycles. The van der Waals surface area contributed by atoms with Crippen LogP contribution in [-0.4, -0.2) is 17.5 Å². The molecule has 0 spiro atoms. The molecule has 0 aliphatic carbocycles. The van der Waals surface area contributed by atoms with Crippen molar-refractivity contribution in [3.8, 4) is 0 Å². The summed E-state index contributed by atoms with van der Waals surface area (Å²) < 4.78 is 32.8. The molecule has 0 fully saturated rings. The van der Waals surface area contributed by atoms with Crippen molar-refractivity contribution >= 4 is 10.4 Å². The number of quaternary nitrogens is 1. The number of hydrogen-bond donors (Lipinski definition) is 2. The average Bonchev–Trinajstić information content (AvgIpc) is 0.722. The normalized spacial score (nSPS) is 8.29. The van der Waals surface area contributed by atoms with Crippen molar-refractivity contribution in [1.82, 2.24) is 6.15 Å². The molecular weight excluding hydrogens is 169 g/mol. The molecule has 5 nitrogen and oxygen atoms in total. The quantitative estimate of drug-likeness (QED) is 0.289. The van der Waals surface area contributed by atoms with E-state index in [-0.39, 0.29) is 22.6 Å². The molecule has 0 saturated heterocycles. The third-order valence-electron chi connectivity index (χ3n) is 0. The number of rotatable bonds is 0. The van der Waals surface area contributed by atoms with Crippen molar-refractivity contribution in [2.24, 2.45) is 0 Å². The van der Waals surface area contributed by atoms with Crippen LogP contribution in [0.1, 0.15) is 0 Å². The summed E-state index contributed by atoms with van der Waals surface area (Å²) in [6, 6.07) is 0. The zero-order chi connectivity index (χ0) is 4.50. The van der Waals surface area contributed by atoms with Crippen LogP contribution in [0.5, 0.6) is 0 Å². The van der Waals surface area contributed by atoms with Crippen LogP contribution < -0.4 is 6.15 Å². The smallest absolute Gasteiger partial charge is 0.215 e. The van der Waals surface area contributed by atoms with Crippen LogP contribution >= 0.6 is 0 Å². The summed E-state index contributed by atoms with van der Waals surface area (Å²) in [5.74, 6) is 0. The molecule has 0 saturated carbocycles. The predicted octanol–water partition coefficient (Wildman–Crippen LogP) is -0.622. The molecule has 0 amide bonds. The van der Waals surface area contributed by atoms with E-state index >= 15 is 0 Å². The Hall–Kier alpha value is 0.324. The minimum atomic E-state index is -4.92. The van der Waals surface area contributed by atoms with Gasteiger partial charge in [0.25, 0.3) is 0 Å². The second-order valence-corrected chi connectivity index (χ2v) is 1.28. The fourth-order valence-electron chi connectivity index (χ4n) is 0. The van der Waals surface area contributed by atoms with Crippen LogP contribution in [0.4, 0.5) is 0 Å². The minimum Gasteiger partial charge on any atom is -0.726 e. The summed E-state index contributed by atoms with van der Waals surface area (Å²) in [5.41, 5.74) is 0. The van der Waals surface area contributed by atoms with Gasteiger partial charge in [-0.3, -0.25) is 4.55 Å². The molecule has 0 radical (unpaired) electrons. The molecule has 0 aromatic rings. The molecule has 0 rings (SSSR count). The Bertz CT molecular complexity index is 94.9. The largest absolute Gasteiger partial charge is 0.726 e. The van der Waals surface area contributed by atoms with E-state index in [1.54, 1.807) is 0 Å². The molecule has 0 unspecified atom stereocenters. The van der Waals surface area contributed by atoms with Crippen LogP contribution in [0, 0.1) is 0 Å². The summed E-state index contributed by atoms with van der Waals surface area (Å²) in [6.45, 7) is 0. The van der Waals surface area contributed by atoms with Gasteiger partial charge in [-0.2, -0.15) is 0 Å². The first-order chi connectivity index (χ1) is 2.00. The summed E-state index contributed by atoms with van der Waals surface area (Å²) >= 11 is 0. The third-order valence-corrected chi connectivity index (χ3v) is 0. The van der Waals surface area contributed by atoms with E-state index < -0.39 is 10.4 Å². The summed E-state index contributed by atoms with van der Waals surface area (Å²) in [4.78, 5) is 0. The van der Waals surface area contributed by atoms with Gasteiger partial charge >= 0.3 is 0 Å². The second kappa shape index (κ2) is 4.48. The molecule has 0 aliphatic rings. The molecular formula is H5NNiO4S. The zero-order valence-electron chi connectivity index (χ0n) is 3.40. The van der Waals surface area contributed by atoms with Crippen LogP contribution in [0.25, 0.3) is 0 Å². The van der Waals surface area contributed by atoms with E-state index in [0.717, 1.165) is 0 Å². The second-order valence-electron chi connectivity index (χ2n) is 0.428. The molecule has 7 heteroatoms. The van der Waals surface area contributed by atoms with Crippen LogP contribution in [-0.2, 0) is 26.9 Å². The van der Waals surface area contributed by atoms with Crippen molar-refractivity contribution in [1.29, 1.82) is 0 Å². The van der Waals surface area contributed by atoms with Gasteiger partial charge in [0.1, 0.15) is 0 Å². The van der Waals surface area contributed by atoms with Crippen molar-refractivity contribution < 1.29 is 34.0 Å². The summed E-state index contributed by atoms with van der Waals surface area (Å²) in [6.07, 6.45) is 0. The van der Waals surface area contributed by atoms with Gasteiger partial charge in [-0.15, -0.1) is 0 Å². The Morgan fingerprint density at radius 3 is 1.43 bits per heavy atom. The van der Waals surface area contributed by atoms with Crippen molar-refractivity contribution in [3.63, 3.8) is 0 Å². The van der Waals surface area contributed by atoms with Gasteiger partial charge in [-0.1, -0.05) is 0 Å². The van der Waals surface area contributed by atoms with Gasteiger partial charge in [0, 0.05) is 16.5 Å². The molecule has 0 atom stereocenters. The standard InChI is InChI=1S/H3N.Ni.H2O4S/c;;1-5(2,3)4/h1H3;;(H2,1,2,3,4). The van der Waals surface area contributed by atoms with E-state index in [2.05, 4.69) is 0 Å². The maximum atomic E-state index is 8.63. The first kappa shape index (κ1) is 15.7. The maximum absolute atomic E-state index is 8.63. The molecule has 5 N–H and O–H groups in total. The van der Waals surface area contributed by atoms with Gasteiger partial charge in [-0.05, 0) is 0 Å². The van der Waals surface area contributed by atoms with Gasteiger partial charge in [0.05, 0.1) is 0 Å². The topological polar surface area (TPSA) is 114 Å². The molecule has 0 aromatic carbocycles.